The number of alkyl halides is 3. The fourth-order valence-corrected chi connectivity index (χ4v) is 3.78. The second kappa shape index (κ2) is 6.76. The largest absolute Gasteiger partial charge is 0.416 e. The first kappa shape index (κ1) is 17.1. The van der Waals surface area contributed by atoms with Gasteiger partial charge in [-0.1, -0.05) is 24.3 Å². The lowest BCUT2D eigenvalue weighted by atomic mass is 9.98. The number of likely N-dealkylation sites (tertiary alicyclic amines) is 1. The summed E-state index contributed by atoms with van der Waals surface area (Å²) in [6.07, 6.45) is -0.398. The van der Waals surface area contributed by atoms with Crippen LogP contribution in [-0.4, -0.2) is 28.2 Å². The molecule has 0 bridgehead atoms. The van der Waals surface area contributed by atoms with Gasteiger partial charge in [0, 0.05) is 18.5 Å². The average Bonchev–Trinajstić information content (AvgIpc) is 3.23. The molecule has 0 radical (unpaired) electrons. The van der Waals surface area contributed by atoms with Gasteiger partial charge in [0.1, 0.15) is 0 Å². The molecule has 3 aromatic rings. The van der Waals surface area contributed by atoms with E-state index in [2.05, 4.69) is 27.2 Å². The Bertz CT molecular complexity index is 900. The van der Waals surface area contributed by atoms with E-state index in [0.717, 1.165) is 48.5 Å². The molecule has 26 heavy (non-hydrogen) atoms. The summed E-state index contributed by atoms with van der Waals surface area (Å²) in [4.78, 5) is 2.25. The fraction of sp³-hybridized carbons (Fsp3) is 0.350. The maximum absolute atomic E-state index is 12.9. The van der Waals surface area contributed by atoms with Crippen LogP contribution in [-0.2, 0) is 19.1 Å². The normalized spacial score (nSPS) is 18.7. The van der Waals surface area contributed by atoms with Crippen LogP contribution in [0.15, 0.2) is 48.7 Å². The van der Waals surface area contributed by atoms with Crippen molar-refractivity contribution in [2.24, 2.45) is 5.92 Å². The summed E-state index contributed by atoms with van der Waals surface area (Å²) < 4.78 is 38.6. The standard InChI is InChI=1S/C20H20F3N3/c21-20(22,23)18-3-1-2-15(10-18)12-26-7-6-16(13-26)8-14-4-5-19-17(9-14)11-24-25-19/h1-5,9-11,16H,6-8,12-13H2,(H,24,25). The molecule has 1 unspecified atom stereocenters. The number of benzene rings is 2. The lowest BCUT2D eigenvalue weighted by Gasteiger charge is -2.17. The molecule has 3 nitrogen and oxygen atoms in total. The molecule has 136 valence electrons. The number of aromatic amines is 1. The Morgan fingerprint density at radius 1 is 1.12 bits per heavy atom. The van der Waals surface area contributed by atoms with E-state index in [1.165, 1.54) is 17.7 Å². The number of H-pyrrole nitrogens is 1. The molecule has 1 N–H and O–H groups in total. The summed E-state index contributed by atoms with van der Waals surface area (Å²) in [5, 5.41) is 8.11. The van der Waals surface area contributed by atoms with Gasteiger partial charge in [0.15, 0.2) is 0 Å². The van der Waals surface area contributed by atoms with Crippen LogP contribution >= 0.6 is 0 Å². The van der Waals surface area contributed by atoms with E-state index in [9.17, 15) is 13.2 Å². The average molecular weight is 359 g/mol. The predicted octanol–water partition coefficient (Wildman–Crippen LogP) is 4.65. The summed E-state index contributed by atoms with van der Waals surface area (Å²) in [5.41, 5.74) is 2.47. The van der Waals surface area contributed by atoms with E-state index in [4.69, 9.17) is 0 Å². The Morgan fingerprint density at radius 2 is 2.00 bits per heavy atom. The molecule has 0 amide bonds. The third kappa shape index (κ3) is 3.75. The van der Waals surface area contributed by atoms with E-state index in [1.807, 2.05) is 12.3 Å². The number of hydrogen-bond acceptors (Lipinski definition) is 2. The van der Waals surface area contributed by atoms with Crippen molar-refractivity contribution >= 4 is 10.9 Å². The number of nitrogens with zero attached hydrogens (tertiary/aromatic N) is 2. The molecule has 0 aliphatic carbocycles. The van der Waals surface area contributed by atoms with E-state index in [1.54, 1.807) is 6.07 Å². The molecule has 4 rings (SSSR count). The van der Waals surface area contributed by atoms with Crippen molar-refractivity contribution in [3.8, 4) is 0 Å². The quantitative estimate of drug-likeness (QED) is 0.736. The molecule has 1 atom stereocenters. The number of halogens is 3. The van der Waals surface area contributed by atoms with Gasteiger partial charge in [-0.05, 0) is 54.6 Å². The number of hydrogen-bond donors (Lipinski definition) is 1. The summed E-state index contributed by atoms with van der Waals surface area (Å²) in [7, 11) is 0. The SMILES string of the molecule is FC(F)(F)c1cccc(CN2CCC(Cc3ccc4[nH]ncc4c3)C2)c1. The van der Waals surface area contributed by atoms with E-state index >= 15 is 0 Å². The molecule has 1 aliphatic rings. The van der Waals surface area contributed by atoms with Gasteiger partial charge in [-0.15, -0.1) is 0 Å². The lowest BCUT2D eigenvalue weighted by molar-refractivity contribution is -0.137. The molecule has 0 saturated carbocycles. The Balaban J connectivity index is 1.38. The highest BCUT2D eigenvalue weighted by molar-refractivity contribution is 5.78. The van der Waals surface area contributed by atoms with Crippen molar-refractivity contribution < 1.29 is 13.2 Å². The predicted molar refractivity (Wildman–Crippen MR) is 94.6 cm³/mol. The zero-order valence-corrected chi connectivity index (χ0v) is 14.3. The minimum Gasteiger partial charge on any atom is -0.299 e. The first-order chi connectivity index (χ1) is 12.5. The van der Waals surface area contributed by atoms with Crippen LogP contribution in [0.2, 0.25) is 0 Å². The van der Waals surface area contributed by atoms with Crippen LogP contribution in [0, 0.1) is 5.92 Å². The lowest BCUT2D eigenvalue weighted by Crippen LogP contribution is -2.21. The maximum Gasteiger partial charge on any atom is 0.416 e. The first-order valence-corrected chi connectivity index (χ1v) is 8.78. The highest BCUT2D eigenvalue weighted by Gasteiger charge is 2.30. The number of fused-ring (bicyclic) bond motifs is 1. The molecule has 1 saturated heterocycles. The van der Waals surface area contributed by atoms with E-state index in [0.29, 0.717) is 12.5 Å². The molecule has 0 spiro atoms. The molecular formula is C20H20F3N3. The van der Waals surface area contributed by atoms with Crippen LogP contribution < -0.4 is 0 Å². The molecule has 1 fully saturated rings. The molecule has 6 heteroatoms. The smallest absolute Gasteiger partial charge is 0.299 e. The number of rotatable bonds is 4. The third-order valence-corrected chi connectivity index (χ3v) is 5.06. The Kier molecular flexibility index (Phi) is 4.44. The monoisotopic (exact) mass is 359 g/mol. The topological polar surface area (TPSA) is 31.9 Å². The first-order valence-electron chi connectivity index (χ1n) is 8.78. The van der Waals surface area contributed by atoms with Gasteiger partial charge in [-0.3, -0.25) is 10.00 Å². The second-order valence-corrected chi connectivity index (χ2v) is 7.08. The van der Waals surface area contributed by atoms with Crippen molar-refractivity contribution in [3.63, 3.8) is 0 Å². The zero-order chi connectivity index (χ0) is 18.1. The van der Waals surface area contributed by atoms with Gasteiger partial charge in [-0.25, -0.2) is 0 Å². The van der Waals surface area contributed by atoms with Gasteiger partial charge in [-0.2, -0.15) is 18.3 Å². The third-order valence-electron chi connectivity index (χ3n) is 5.06. The van der Waals surface area contributed by atoms with Crippen molar-refractivity contribution in [2.45, 2.75) is 25.6 Å². The molecule has 1 aromatic heterocycles. The second-order valence-electron chi connectivity index (χ2n) is 7.08. The number of aromatic nitrogens is 2. The molecule has 2 heterocycles. The summed E-state index contributed by atoms with van der Waals surface area (Å²) in [6.45, 7) is 2.41. The van der Waals surface area contributed by atoms with Gasteiger partial charge >= 0.3 is 6.18 Å². The van der Waals surface area contributed by atoms with Crippen molar-refractivity contribution in [1.82, 2.24) is 15.1 Å². The Hall–Kier alpha value is -2.34. The Morgan fingerprint density at radius 3 is 2.85 bits per heavy atom. The summed E-state index contributed by atoms with van der Waals surface area (Å²) in [6, 6.07) is 12.0. The van der Waals surface area contributed by atoms with Gasteiger partial charge in [0.25, 0.3) is 0 Å². The van der Waals surface area contributed by atoms with Crippen molar-refractivity contribution in [1.29, 1.82) is 0 Å². The summed E-state index contributed by atoms with van der Waals surface area (Å²) >= 11 is 0. The van der Waals surface area contributed by atoms with Crippen LogP contribution in [0.3, 0.4) is 0 Å². The van der Waals surface area contributed by atoms with Gasteiger partial charge in [0.05, 0.1) is 17.3 Å². The van der Waals surface area contributed by atoms with Crippen molar-refractivity contribution in [3.05, 3.63) is 65.4 Å². The highest BCUT2D eigenvalue weighted by Crippen LogP contribution is 2.30. The number of nitrogens with one attached hydrogen (secondary N) is 1. The van der Waals surface area contributed by atoms with E-state index < -0.39 is 11.7 Å². The van der Waals surface area contributed by atoms with Crippen LogP contribution in [0.5, 0.6) is 0 Å². The zero-order valence-electron chi connectivity index (χ0n) is 14.3. The fourth-order valence-electron chi connectivity index (χ4n) is 3.78. The van der Waals surface area contributed by atoms with Crippen LogP contribution in [0.1, 0.15) is 23.1 Å². The van der Waals surface area contributed by atoms with Crippen LogP contribution in [0.4, 0.5) is 13.2 Å². The van der Waals surface area contributed by atoms with Gasteiger partial charge < -0.3 is 0 Å². The van der Waals surface area contributed by atoms with E-state index in [-0.39, 0.29) is 0 Å². The molecule has 1 aliphatic heterocycles. The molecular weight excluding hydrogens is 339 g/mol. The minimum atomic E-state index is -4.28. The maximum atomic E-state index is 12.9. The Labute approximate surface area is 149 Å². The van der Waals surface area contributed by atoms with Gasteiger partial charge in [0.2, 0.25) is 0 Å². The summed E-state index contributed by atoms with van der Waals surface area (Å²) in [5.74, 6) is 0.533. The van der Waals surface area contributed by atoms with Crippen molar-refractivity contribution in [2.75, 3.05) is 13.1 Å². The highest BCUT2D eigenvalue weighted by atomic mass is 19.4. The minimum absolute atomic E-state index is 0.533. The van der Waals surface area contributed by atoms with Crippen LogP contribution in [0.25, 0.3) is 10.9 Å². The molecule has 2 aromatic carbocycles.